The van der Waals surface area contributed by atoms with E-state index in [0.717, 1.165) is 0 Å². The highest BCUT2D eigenvalue weighted by Gasteiger charge is 2.40. The number of allylic oxidation sites excluding steroid dienone is 2. The predicted octanol–water partition coefficient (Wildman–Crippen LogP) is 1.13. The van der Waals surface area contributed by atoms with Crippen molar-refractivity contribution in [2.75, 3.05) is 14.1 Å². The van der Waals surface area contributed by atoms with E-state index in [1.807, 2.05) is 0 Å². The summed E-state index contributed by atoms with van der Waals surface area (Å²) in [6.45, 7) is 3.55. The first-order valence-electron chi connectivity index (χ1n) is 4.40. The van der Waals surface area contributed by atoms with Gasteiger partial charge in [0.2, 0.25) is 0 Å². The first-order chi connectivity index (χ1) is 6.50. The molecule has 78 valence electrons. The van der Waals surface area contributed by atoms with Crippen LogP contribution in [0.5, 0.6) is 0 Å². The second-order valence-corrected chi connectivity index (χ2v) is 3.91. The molecule has 0 saturated heterocycles. The molecule has 0 saturated carbocycles. The monoisotopic (exact) mass is 215 g/mol. The van der Waals surface area contributed by atoms with Gasteiger partial charge in [0.05, 0.1) is 11.6 Å². The van der Waals surface area contributed by atoms with Gasteiger partial charge in [-0.2, -0.15) is 0 Å². The molecule has 2 unspecified atom stereocenters. The number of hydrogen-bond acceptors (Lipinski definition) is 3. The molecule has 0 aromatic rings. The zero-order chi connectivity index (χ0) is 10.9. The summed E-state index contributed by atoms with van der Waals surface area (Å²) in [7, 11) is 3.51. The Hall–Kier alpha value is -0.800. The van der Waals surface area contributed by atoms with Crippen LogP contribution in [0.3, 0.4) is 0 Å². The van der Waals surface area contributed by atoms with E-state index >= 15 is 0 Å². The van der Waals surface area contributed by atoms with Crippen LogP contribution in [0.1, 0.15) is 6.42 Å². The van der Waals surface area contributed by atoms with Gasteiger partial charge in [-0.3, -0.25) is 4.79 Å². The summed E-state index contributed by atoms with van der Waals surface area (Å²) < 4.78 is 0. The van der Waals surface area contributed by atoms with Gasteiger partial charge >= 0.3 is 0 Å². The van der Waals surface area contributed by atoms with Gasteiger partial charge in [0.15, 0.2) is 5.78 Å². The van der Waals surface area contributed by atoms with E-state index in [2.05, 4.69) is 6.58 Å². The maximum Gasteiger partial charge on any atom is 0.182 e. The van der Waals surface area contributed by atoms with E-state index in [9.17, 15) is 9.90 Å². The molecule has 0 heterocycles. The molecule has 0 spiro atoms. The Morgan fingerprint density at radius 2 is 2.21 bits per heavy atom. The van der Waals surface area contributed by atoms with E-state index in [1.54, 1.807) is 25.1 Å². The molecule has 0 radical (unpaired) electrons. The number of ketones is 1. The minimum atomic E-state index is -0.803. The van der Waals surface area contributed by atoms with Gasteiger partial charge in [0.25, 0.3) is 0 Å². The van der Waals surface area contributed by atoms with Gasteiger partial charge in [-0.05, 0) is 6.42 Å². The molecule has 1 rings (SSSR count). The number of hydrogen-bond donors (Lipinski definition) is 1. The zero-order valence-electron chi connectivity index (χ0n) is 8.33. The van der Waals surface area contributed by atoms with Crippen molar-refractivity contribution >= 4 is 17.4 Å². The third kappa shape index (κ3) is 1.70. The Kier molecular flexibility index (Phi) is 3.34. The molecule has 1 N–H and O–H groups in total. The number of halogens is 1. The lowest BCUT2D eigenvalue weighted by Crippen LogP contribution is -2.27. The van der Waals surface area contributed by atoms with Gasteiger partial charge in [0.1, 0.15) is 11.1 Å². The lowest BCUT2D eigenvalue weighted by Gasteiger charge is -2.20. The van der Waals surface area contributed by atoms with Crippen LogP contribution in [0.2, 0.25) is 0 Å². The number of nitrogens with zero attached hydrogens (tertiary/aromatic N) is 1. The fourth-order valence-electron chi connectivity index (χ4n) is 1.63. The van der Waals surface area contributed by atoms with Crippen LogP contribution < -0.4 is 0 Å². The second-order valence-electron chi connectivity index (χ2n) is 3.53. The average molecular weight is 216 g/mol. The fraction of sp³-hybridized carbons (Fsp3) is 0.500. The summed E-state index contributed by atoms with van der Waals surface area (Å²) in [5.74, 6) is -0.653. The van der Waals surface area contributed by atoms with Crippen molar-refractivity contribution < 1.29 is 9.90 Å². The van der Waals surface area contributed by atoms with E-state index in [-0.39, 0.29) is 10.8 Å². The van der Waals surface area contributed by atoms with Crippen molar-refractivity contribution in [3.05, 3.63) is 23.4 Å². The van der Waals surface area contributed by atoms with E-state index in [0.29, 0.717) is 12.1 Å². The van der Waals surface area contributed by atoms with E-state index in [1.165, 1.54) is 0 Å². The van der Waals surface area contributed by atoms with Gasteiger partial charge in [0, 0.05) is 14.1 Å². The minimum Gasteiger partial charge on any atom is -0.386 e. The van der Waals surface area contributed by atoms with Gasteiger partial charge in [-0.15, -0.1) is 6.58 Å². The third-order valence-corrected chi connectivity index (χ3v) is 2.72. The molecule has 1 aliphatic rings. The van der Waals surface area contributed by atoms with Crippen LogP contribution >= 0.6 is 11.6 Å². The molecular weight excluding hydrogens is 202 g/mol. The summed E-state index contributed by atoms with van der Waals surface area (Å²) in [6.07, 6.45) is 1.27. The predicted molar refractivity (Wildman–Crippen MR) is 55.9 cm³/mol. The molecule has 0 aliphatic heterocycles. The first kappa shape index (κ1) is 11.3. The largest absolute Gasteiger partial charge is 0.386 e. The molecule has 0 bridgehead atoms. The molecule has 0 aromatic carbocycles. The van der Waals surface area contributed by atoms with Crippen molar-refractivity contribution in [2.45, 2.75) is 12.5 Å². The van der Waals surface area contributed by atoms with Crippen LogP contribution in [0.4, 0.5) is 0 Å². The molecular formula is C10H14ClNO2. The summed E-state index contributed by atoms with van der Waals surface area (Å²) in [5, 5.41) is 9.99. The number of Topliss-reactive ketones (excluding diaryl/α,β-unsaturated/α-hetero) is 1. The normalized spacial score (nSPS) is 27.0. The summed E-state index contributed by atoms with van der Waals surface area (Å²) in [4.78, 5) is 13.3. The third-order valence-electron chi connectivity index (χ3n) is 2.34. The standard InChI is InChI=1S/C10H14ClNO2/c1-4-5-6-9(13)7(11)8(10(6)14)12(2)3/h4,6,10,14H,1,5H2,2-3H3. The Balaban J connectivity index is 2.97. The maximum atomic E-state index is 11.6. The lowest BCUT2D eigenvalue weighted by molar-refractivity contribution is -0.119. The number of likely N-dealkylation sites (N-methyl/N-ethyl adjacent to an activating group) is 1. The molecule has 2 atom stereocenters. The Labute approximate surface area is 88.7 Å². The molecule has 3 nitrogen and oxygen atoms in total. The van der Waals surface area contributed by atoms with E-state index < -0.39 is 12.0 Å². The molecule has 4 heteroatoms. The van der Waals surface area contributed by atoms with Gasteiger partial charge in [-0.25, -0.2) is 0 Å². The molecule has 14 heavy (non-hydrogen) atoms. The zero-order valence-corrected chi connectivity index (χ0v) is 9.08. The van der Waals surface area contributed by atoms with Crippen LogP contribution in [-0.2, 0) is 4.79 Å². The molecule has 0 amide bonds. The lowest BCUT2D eigenvalue weighted by atomic mass is 9.99. The highest BCUT2D eigenvalue weighted by molar-refractivity contribution is 6.44. The summed E-state index contributed by atoms with van der Waals surface area (Å²) in [6, 6.07) is 0. The van der Waals surface area contributed by atoms with Crippen LogP contribution in [-0.4, -0.2) is 36.0 Å². The number of aliphatic hydroxyl groups is 1. The Bertz CT molecular complexity index is 296. The minimum absolute atomic E-state index is 0.148. The summed E-state index contributed by atoms with van der Waals surface area (Å²) in [5.41, 5.74) is 0.503. The molecule has 0 aromatic heterocycles. The number of carbonyl (C=O) groups is 1. The summed E-state index contributed by atoms with van der Waals surface area (Å²) >= 11 is 5.84. The molecule has 1 aliphatic carbocycles. The SMILES string of the molecule is C=CCC1C(=O)C(Cl)=C(N(C)C)C1O. The first-order valence-corrected chi connectivity index (χ1v) is 4.78. The average Bonchev–Trinajstić information content (AvgIpc) is 2.30. The quantitative estimate of drug-likeness (QED) is 0.718. The maximum absolute atomic E-state index is 11.6. The highest BCUT2D eigenvalue weighted by atomic mass is 35.5. The van der Waals surface area contributed by atoms with Crippen molar-refractivity contribution in [2.24, 2.45) is 5.92 Å². The smallest absolute Gasteiger partial charge is 0.182 e. The number of aliphatic hydroxyl groups excluding tert-OH is 1. The fourth-order valence-corrected chi connectivity index (χ4v) is 2.05. The topological polar surface area (TPSA) is 40.5 Å². The number of rotatable bonds is 3. The van der Waals surface area contributed by atoms with Crippen molar-refractivity contribution in [1.82, 2.24) is 4.90 Å². The number of carbonyl (C=O) groups excluding carboxylic acids is 1. The van der Waals surface area contributed by atoms with Crippen LogP contribution in [0.25, 0.3) is 0 Å². The van der Waals surface area contributed by atoms with E-state index in [4.69, 9.17) is 11.6 Å². The van der Waals surface area contributed by atoms with Gasteiger partial charge < -0.3 is 10.0 Å². The van der Waals surface area contributed by atoms with Gasteiger partial charge in [-0.1, -0.05) is 17.7 Å². The van der Waals surface area contributed by atoms with Crippen molar-refractivity contribution in [3.63, 3.8) is 0 Å². The second kappa shape index (κ2) is 4.15. The molecule has 0 fully saturated rings. The van der Waals surface area contributed by atoms with Crippen LogP contribution in [0, 0.1) is 5.92 Å². The van der Waals surface area contributed by atoms with Crippen molar-refractivity contribution in [1.29, 1.82) is 0 Å². The highest BCUT2D eigenvalue weighted by Crippen LogP contribution is 2.34. The Morgan fingerprint density at radius 1 is 1.64 bits per heavy atom. The van der Waals surface area contributed by atoms with Crippen molar-refractivity contribution in [3.8, 4) is 0 Å². The Morgan fingerprint density at radius 3 is 2.57 bits per heavy atom. The van der Waals surface area contributed by atoms with Crippen LogP contribution in [0.15, 0.2) is 23.4 Å².